The zero-order valence-electron chi connectivity index (χ0n) is 23.4. The van der Waals surface area contributed by atoms with Crippen molar-refractivity contribution in [3.63, 3.8) is 0 Å². The summed E-state index contributed by atoms with van der Waals surface area (Å²) in [7, 11) is 0. The minimum absolute atomic E-state index is 0.0635. The van der Waals surface area contributed by atoms with Crippen molar-refractivity contribution >= 4 is 29.8 Å². The number of rotatable bonds is 10. The fraction of sp³-hybridized carbons (Fsp3) is 0.300. The Morgan fingerprint density at radius 3 is 2.14 bits per heavy atom. The smallest absolute Gasteiger partial charge is 0.409 e. The van der Waals surface area contributed by atoms with Crippen LogP contribution in [0, 0.1) is 0 Å². The first-order valence-corrected chi connectivity index (χ1v) is 13.7. The van der Waals surface area contributed by atoms with E-state index < -0.39 is 35.9 Å². The molecule has 1 aromatic heterocycles. The molecule has 43 heavy (non-hydrogen) atoms. The Labute approximate surface area is 247 Å². The minimum Gasteiger partial charge on any atom is -0.481 e. The molecule has 1 saturated heterocycles. The largest absolute Gasteiger partial charge is 0.481 e. The quantitative estimate of drug-likeness (QED) is 0.318. The molecule has 4 rings (SSSR count). The number of hydrogen-bond acceptors (Lipinski definition) is 8. The molecule has 1 atom stereocenters. The van der Waals surface area contributed by atoms with Crippen molar-refractivity contribution in [1.82, 2.24) is 25.1 Å². The molecule has 3 aromatic rings. The molecule has 1 fully saturated rings. The zero-order valence-corrected chi connectivity index (χ0v) is 23.4. The highest BCUT2D eigenvalue weighted by Gasteiger charge is 2.31. The lowest BCUT2D eigenvalue weighted by Gasteiger charge is -2.35. The van der Waals surface area contributed by atoms with E-state index in [4.69, 9.17) is 4.74 Å². The number of nitrogens with zero attached hydrogens (tertiary/aromatic N) is 4. The number of aromatic carboxylic acids is 1. The van der Waals surface area contributed by atoms with Crippen LogP contribution in [0.4, 0.5) is 4.79 Å². The van der Waals surface area contributed by atoms with Gasteiger partial charge in [-0.05, 0) is 31.5 Å². The van der Waals surface area contributed by atoms with Crippen molar-refractivity contribution in [2.75, 3.05) is 32.8 Å². The maximum absolute atomic E-state index is 13.5. The van der Waals surface area contributed by atoms with Gasteiger partial charge in [-0.25, -0.2) is 19.6 Å². The molecule has 0 radical (unpaired) electrons. The molecule has 0 spiro atoms. The summed E-state index contributed by atoms with van der Waals surface area (Å²) in [6.45, 7) is 2.79. The molecule has 224 valence electrons. The maximum atomic E-state index is 13.5. The van der Waals surface area contributed by atoms with Crippen molar-refractivity contribution in [3.8, 4) is 22.6 Å². The minimum atomic E-state index is -1.16. The average Bonchev–Trinajstić information content (AvgIpc) is 3.03. The Kier molecular flexibility index (Phi) is 9.99. The molecule has 3 amide bonds. The Hall–Kier alpha value is -5.33. The third-order valence-corrected chi connectivity index (χ3v) is 6.79. The number of aliphatic carboxylic acids is 1. The van der Waals surface area contributed by atoms with Crippen molar-refractivity contribution in [2.45, 2.75) is 25.8 Å². The molecule has 0 saturated carbocycles. The number of hydrogen-bond donors (Lipinski definition) is 3. The summed E-state index contributed by atoms with van der Waals surface area (Å²) < 4.78 is 5.01. The lowest BCUT2D eigenvalue weighted by molar-refractivity contribution is -0.138. The van der Waals surface area contributed by atoms with Crippen LogP contribution in [-0.2, 0) is 14.3 Å². The second-order valence-corrected chi connectivity index (χ2v) is 9.68. The number of piperazine rings is 1. The maximum Gasteiger partial charge on any atom is 0.409 e. The molecule has 1 aliphatic rings. The van der Waals surface area contributed by atoms with Gasteiger partial charge in [-0.2, -0.15) is 0 Å². The Morgan fingerprint density at radius 1 is 0.884 bits per heavy atom. The lowest BCUT2D eigenvalue weighted by Crippen LogP contribution is -2.56. The van der Waals surface area contributed by atoms with Crippen molar-refractivity contribution < 1.29 is 38.9 Å². The third-order valence-electron chi connectivity index (χ3n) is 6.79. The molecule has 13 heteroatoms. The number of benzene rings is 2. The fourth-order valence-electron chi connectivity index (χ4n) is 4.51. The highest BCUT2D eigenvalue weighted by atomic mass is 16.6. The Morgan fingerprint density at radius 2 is 1.53 bits per heavy atom. The molecular weight excluding hydrogens is 558 g/mol. The molecule has 2 aromatic carbocycles. The first-order chi connectivity index (χ1) is 20.7. The highest BCUT2D eigenvalue weighted by Crippen LogP contribution is 2.23. The van der Waals surface area contributed by atoms with Crippen LogP contribution in [0.15, 0.2) is 60.7 Å². The first-order valence-electron chi connectivity index (χ1n) is 13.7. The molecule has 3 N–H and O–H groups in total. The van der Waals surface area contributed by atoms with E-state index in [9.17, 15) is 34.2 Å². The zero-order chi connectivity index (χ0) is 30.9. The van der Waals surface area contributed by atoms with Gasteiger partial charge in [0, 0.05) is 43.7 Å². The highest BCUT2D eigenvalue weighted by molar-refractivity contribution is 5.97. The second-order valence-electron chi connectivity index (χ2n) is 9.68. The van der Waals surface area contributed by atoms with Gasteiger partial charge in [0.05, 0.1) is 17.9 Å². The van der Waals surface area contributed by atoms with Gasteiger partial charge in [0.15, 0.2) is 5.82 Å². The van der Waals surface area contributed by atoms with Crippen LogP contribution in [-0.4, -0.2) is 98.7 Å². The summed E-state index contributed by atoms with van der Waals surface area (Å²) in [6.07, 6.45) is -0.991. The summed E-state index contributed by atoms with van der Waals surface area (Å²) in [6, 6.07) is 15.2. The van der Waals surface area contributed by atoms with E-state index in [1.807, 2.05) is 6.07 Å². The number of carboxylic acids is 2. The predicted octanol–water partition coefficient (Wildman–Crippen LogP) is 2.77. The summed E-state index contributed by atoms with van der Waals surface area (Å²) in [5.41, 5.74) is 1.53. The Balaban J connectivity index is 1.60. The number of ether oxygens (including phenoxy) is 1. The van der Waals surface area contributed by atoms with Gasteiger partial charge in [0.25, 0.3) is 5.91 Å². The summed E-state index contributed by atoms with van der Waals surface area (Å²) in [5.74, 6) is -3.16. The van der Waals surface area contributed by atoms with Gasteiger partial charge >= 0.3 is 18.0 Å². The SMILES string of the molecule is CCOC(=O)N1CCN(C(=O)[C@H](CCC(=O)O)NC(=O)c2cc(-c3ccc(C(=O)O)cc3)nc(-c3ccccc3)n2)CC1. The van der Waals surface area contributed by atoms with Gasteiger partial charge in [-0.1, -0.05) is 42.5 Å². The van der Waals surface area contributed by atoms with E-state index in [-0.39, 0.29) is 62.7 Å². The average molecular weight is 590 g/mol. The van der Waals surface area contributed by atoms with Crippen LogP contribution in [0.3, 0.4) is 0 Å². The summed E-state index contributed by atoms with van der Waals surface area (Å²) in [4.78, 5) is 73.6. The number of carboxylic acid groups (broad SMARTS) is 2. The van der Waals surface area contributed by atoms with Crippen LogP contribution in [0.25, 0.3) is 22.6 Å². The molecule has 13 nitrogen and oxygen atoms in total. The molecule has 0 unspecified atom stereocenters. The van der Waals surface area contributed by atoms with Crippen LogP contribution in [0.1, 0.15) is 40.6 Å². The van der Waals surface area contributed by atoms with Gasteiger partial charge < -0.3 is 30.1 Å². The molecule has 0 bridgehead atoms. The lowest BCUT2D eigenvalue weighted by atomic mass is 10.1. The van der Waals surface area contributed by atoms with E-state index in [2.05, 4.69) is 15.3 Å². The molecule has 1 aliphatic heterocycles. The fourth-order valence-corrected chi connectivity index (χ4v) is 4.51. The van der Waals surface area contributed by atoms with Crippen molar-refractivity contribution in [1.29, 1.82) is 0 Å². The number of amides is 3. The van der Waals surface area contributed by atoms with Crippen LogP contribution >= 0.6 is 0 Å². The molecular formula is C30H31N5O8. The number of carbonyl (C=O) groups is 5. The third kappa shape index (κ3) is 7.91. The van der Waals surface area contributed by atoms with Crippen molar-refractivity contribution in [3.05, 3.63) is 71.9 Å². The number of carbonyl (C=O) groups excluding carboxylic acids is 3. The van der Waals surface area contributed by atoms with Gasteiger partial charge in [0.1, 0.15) is 11.7 Å². The van der Waals surface area contributed by atoms with Crippen LogP contribution in [0.5, 0.6) is 0 Å². The second kappa shape index (κ2) is 14.0. The number of nitrogens with one attached hydrogen (secondary N) is 1. The van der Waals surface area contributed by atoms with Crippen LogP contribution in [0.2, 0.25) is 0 Å². The number of aromatic nitrogens is 2. The normalized spacial score (nSPS) is 13.6. The predicted molar refractivity (Wildman–Crippen MR) is 153 cm³/mol. The summed E-state index contributed by atoms with van der Waals surface area (Å²) >= 11 is 0. The Bertz CT molecular complexity index is 1490. The monoisotopic (exact) mass is 589 g/mol. The standard InChI is InChI=1S/C30H31N5O8/c1-2-43-30(42)35-16-14-34(15-17-35)28(39)22(12-13-25(36)37)33-27(38)24-18-23(19-8-10-21(11-9-19)29(40)41)31-26(32-24)20-6-4-3-5-7-20/h3-11,18,22H,2,12-17H2,1H3,(H,33,38)(H,36,37)(H,40,41)/t22-/m0/s1. The summed E-state index contributed by atoms with van der Waals surface area (Å²) in [5, 5.41) is 21.2. The van der Waals surface area contributed by atoms with E-state index in [0.29, 0.717) is 16.8 Å². The molecule has 2 heterocycles. The van der Waals surface area contributed by atoms with Gasteiger partial charge in [-0.3, -0.25) is 14.4 Å². The van der Waals surface area contributed by atoms with Gasteiger partial charge in [0.2, 0.25) is 5.91 Å². The topological polar surface area (TPSA) is 179 Å². The first kappa shape index (κ1) is 30.6. The van der Waals surface area contributed by atoms with E-state index >= 15 is 0 Å². The van der Waals surface area contributed by atoms with E-state index in [1.165, 1.54) is 28.0 Å². The van der Waals surface area contributed by atoms with Gasteiger partial charge in [-0.15, -0.1) is 0 Å². The van der Waals surface area contributed by atoms with E-state index in [0.717, 1.165) is 0 Å². The van der Waals surface area contributed by atoms with Crippen LogP contribution < -0.4 is 5.32 Å². The van der Waals surface area contributed by atoms with Crippen molar-refractivity contribution in [2.24, 2.45) is 0 Å². The molecule has 0 aliphatic carbocycles. The van der Waals surface area contributed by atoms with E-state index in [1.54, 1.807) is 43.3 Å².